The molecule has 5 heteroatoms. The van der Waals surface area contributed by atoms with E-state index >= 15 is 0 Å². The number of rotatable bonds is 3. The van der Waals surface area contributed by atoms with Gasteiger partial charge in [-0.05, 0) is 31.5 Å². The minimum Gasteiger partial charge on any atom is -0.466 e. The summed E-state index contributed by atoms with van der Waals surface area (Å²) in [5.74, 6) is -0.750. The Kier molecular flexibility index (Phi) is 3.74. The van der Waals surface area contributed by atoms with Gasteiger partial charge in [-0.2, -0.15) is 0 Å². The van der Waals surface area contributed by atoms with Crippen LogP contribution in [0.1, 0.15) is 18.9 Å². The number of nitrogens with zero attached hydrogens (tertiary/aromatic N) is 1. The van der Waals surface area contributed by atoms with Crippen molar-refractivity contribution in [2.75, 3.05) is 23.8 Å². The molecule has 0 aromatic heterocycles. The standard InChI is InChI=1S/C14H18N2O3/c1-3-19-14(18)10-7-13(17)16(8-10)12-6-4-5-11(15)9(12)2/h4-6,10H,3,7-8,15H2,1-2H3. The molecule has 1 fully saturated rings. The molecule has 0 aliphatic carbocycles. The van der Waals surface area contributed by atoms with Crippen LogP contribution in [0.15, 0.2) is 18.2 Å². The second-order valence-electron chi connectivity index (χ2n) is 4.65. The third kappa shape index (κ3) is 2.54. The molecule has 1 heterocycles. The predicted octanol–water partition coefficient (Wildman–Crippen LogP) is 1.49. The van der Waals surface area contributed by atoms with Gasteiger partial charge in [-0.25, -0.2) is 0 Å². The summed E-state index contributed by atoms with van der Waals surface area (Å²) in [4.78, 5) is 25.3. The maximum Gasteiger partial charge on any atom is 0.311 e. The molecule has 1 saturated heterocycles. The minimum absolute atomic E-state index is 0.0632. The van der Waals surface area contributed by atoms with Crippen LogP contribution in [-0.4, -0.2) is 25.0 Å². The fourth-order valence-electron chi connectivity index (χ4n) is 2.29. The molecule has 2 N–H and O–H groups in total. The minimum atomic E-state index is -0.381. The van der Waals surface area contributed by atoms with Crippen molar-refractivity contribution >= 4 is 23.3 Å². The van der Waals surface area contributed by atoms with Gasteiger partial charge in [0.15, 0.2) is 0 Å². The van der Waals surface area contributed by atoms with E-state index in [2.05, 4.69) is 0 Å². The molecule has 1 aromatic carbocycles. The van der Waals surface area contributed by atoms with Gasteiger partial charge in [0.05, 0.1) is 12.5 Å². The van der Waals surface area contributed by atoms with Crippen LogP contribution in [-0.2, 0) is 14.3 Å². The molecule has 1 amide bonds. The molecule has 1 aliphatic heterocycles. The Morgan fingerprint density at radius 2 is 2.26 bits per heavy atom. The van der Waals surface area contributed by atoms with Gasteiger partial charge < -0.3 is 15.4 Å². The third-order valence-electron chi connectivity index (χ3n) is 3.38. The Hall–Kier alpha value is -2.04. The second kappa shape index (κ2) is 5.30. The molecule has 0 radical (unpaired) electrons. The summed E-state index contributed by atoms with van der Waals surface area (Å²) in [7, 11) is 0. The molecule has 1 aliphatic rings. The van der Waals surface area contributed by atoms with E-state index in [0.29, 0.717) is 18.8 Å². The summed E-state index contributed by atoms with van der Waals surface area (Å²) in [6, 6.07) is 5.45. The van der Waals surface area contributed by atoms with Crippen molar-refractivity contribution in [2.24, 2.45) is 5.92 Å². The highest BCUT2D eigenvalue weighted by Gasteiger charge is 2.36. The van der Waals surface area contributed by atoms with Crippen molar-refractivity contribution < 1.29 is 14.3 Å². The summed E-state index contributed by atoms with van der Waals surface area (Å²) in [5, 5.41) is 0. The highest BCUT2D eigenvalue weighted by molar-refractivity contribution is 6.00. The average Bonchev–Trinajstić information content (AvgIpc) is 2.75. The average molecular weight is 262 g/mol. The molecular formula is C14H18N2O3. The zero-order valence-electron chi connectivity index (χ0n) is 11.2. The molecule has 1 atom stereocenters. The quantitative estimate of drug-likeness (QED) is 0.661. The van der Waals surface area contributed by atoms with Crippen LogP contribution in [0.5, 0.6) is 0 Å². The van der Waals surface area contributed by atoms with E-state index in [9.17, 15) is 9.59 Å². The van der Waals surface area contributed by atoms with E-state index in [1.54, 1.807) is 17.9 Å². The van der Waals surface area contributed by atoms with Gasteiger partial charge >= 0.3 is 5.97 Å². The number of benzene rings is 1. The summed E-state index contributed by atoms with van der Waals surface area (Å²) < 4.78 is 4.97. The number of esters is 1. The first kappa shape index (κ1) is 13.4. The fraction of sp³-hybridized carbons (Fsp3) is 0.429. The van der Waals surface area contributed by atoms with Crippen LogP contribution >= 0.6 is 0 Å². The fourth-order valence-corrected chi connectivity index (χ4v) is 2.29. The Bertz CT molecular complexity index is 513. The Balaban J connectivity index is 2.20. The lowest BCUT2D eigenvalue weighted by atomic mass is 10.1. The molecule has 0 spiro atoms. The summed E-state index contributed by atoms with van der Waals surface area (Å²) in [6.07, 6.45) is 0.201. The Morgan fingerprint density at radius 3 is 2.95 bits per heavy atom. The lowest BCUT2D eigenvalue weighted by Crippen LogP contribution is -2.27. The van der Waals surface area contributed by atoms with E-state index in [0.717, 1.165) is 11.3 Å². The van der Waals surface area contributed by atoms with Crippen molar-refractivity contribution in [1.29, 1.82) is 0 Å². The van der Waals surface area contributed by atoms with E-state index in [4.69, 9.17) is 10.5 Å². The molecule has 1 aromatic rings. The third-order valence-corrected chi connectivity index (χ3v) is 3.38. The van der Waals surface area contributed by atoms with Crippen LogP contribution < -0.4 is 10.6 Å². The summed E-state index contributed by atoms with van der Waals surface area (Å²) in [5.41, 5.74) is 8.13. The smallest absolute Gasteiger partial charge is 0.311 e. The number of carbonyl (C=O) groups excluding carboxylic acids is 2. The monoisotopic (exact) mass is 262 g/mol. The van der Waals surface area contributed by atoms with Gasteiger partial charge in [0.1, 0.15) is 0 Å². The van der Waals surface area contributed by atoms with Gasteiger partial charge in [-0.1, -0.05) is 6.07 Å². The zero-order valence-corrected chi connectivity index (χ0v) is 11.2. The number of carbonyl (C=O) groups is 2. The number of ether oxygens (including phenoxy) is 1. The molecule has 0 saturated carbocycles. The van der Waals surface area contributed by atoms with Gasteiger partial charge in [-0.3, -0.25) is 9.59 Å². The normalized spacial score (nSPS) is 18.7. The first-order chi connectivity index (χ1) is 9.04. The lowest BCUT2D eigenvalue weighted by Gasteiger charge is -2.19. The number of nitrogens with two attached hydrogens (primary N) is 1. The molecule has 0 bridgehead atoms. The Labute approximate surface area is 112 Å². The summed E-state index contributed by atoms with van der Waals surface area (Å²) >= 11 is 0. The van der Waals surface area contributed by atoms with Gasteiger partial charge in [-0.15, -0.1) is 0 Å². The topological polar surface area (TPSA) is 72.6 Å². The van der Waals surface area contributed by atoms with Crippen LogP contribution in [0.3, 0.4) is 0 Å². The largest absolute Gasteiger partial charge is 0.466 e. The molecule has 5 nitrogen and oxygen atoms in total. The van der Waals surface area contributed by atoms with Crippen molar-refractivity contribution in [2.45, 2.75) is 20.3 Å². The van der Waals surface area contributed by atoms with Crippen molar-refractivity contribution in [3.05, 3.63) is 23.8 Å². The molecule has 2 rings (SSSR count). The van der Waals surface area contributed by atoms with E-state index in [1.807, 2.05) is 19.1 Å². The van der Waals surface area contributed by atoms with Crippen molar-refractivity contribution in [3.8, 4) is 0 Å². The maximum atomic E-state index is 12.0. The van der Waals surface area contributed by atoms with Crippen LogP contribution in [0, 0.1) is 12.8 Å². The SMILES string of the molecule is CCOC(=O)C1CC(=O)N(c2cccc(N)c2C)C1. The van der Waals surface area contributed by atoms with Crippen LogP contribution in [0.2, 0.25) is 0 Å². The van der Waals surface area contributed by atoms with Crippen molar-refractivity contribution in [3.63, 3.8) is 0 Å². The lowest BCUT2D eigenvalue weighted by molar-refractivity contribution is -0.147. The van der Waals surface area contributed by atoms with Crippen molar-refractivity contribution in [1.82, 2.24) is 0 Å². The first-order valence-corrected chi connectivity index (χ1v) is 6.36. The van der Waals surface area contributed by atoms with E-state index in [-0.39, 0.29) is 24.2 Å². The summed E-state index contributed by atoms with van der Waals surface area (Å²) in [6.45, 7) is 4.33. The van der Waals surface area contributed by atoms with Gasteiger partial charge in [0, 0.05) is 24.3 Å². The van der Waals surface area contributed by atoms with Crippen LogP contribution in [0.4, 0.5) is 11.4 Å². The highest BCUT2D eigenvalue weighted by Crippen LogP contribution is 2.30. The number of anilines is 2. The number of hydrogen-bond acceptors (Lipinski definition) is 4. The first-order valence-electron chi connectivity index (χ1n) is 6.36. The van der Waals surface area contributed by atoms with Gasteiger partial charge in [0.2, 0.25) is 5.91 Å². The number of nitrogen functional groups attached to an aromatic ring is 1. The zero-order chi connectivity index (χ0) is 14.0. The van der Waals surface area contributed by atoms with E-state index in [1.165, 1.54) is 0 Å². The number of amides is 1. The molecular weight excluding hydrogens is 244 g/mol. The highest BCUT2D eigenvalue weighted by atomic mass is 16.5. The number of hydrogen-bond donors (Lipinski definition) is 1. The molecule has 102 valence electrons. The Morgan fingerprint density at radius 1 is 1.53 bits per heavy atom. The molecule has 19 heavy (non-hydrogen) atoms. The van der Waals surface area contributed by atoms with Gasteiger partial charge in [0.25, 0.3) is 0 Å². The van der Waals surface area contributed by atoms with E-state index < -0.39 is 0 Å². The molecule has 1 unspecified atom stereocenters. The maximum absolute atomic E-state index is 12.0. The van der Waals surface area contributed by atoms with Crippen LogP contribution in [0.25, 0.3) is 0 Å². The predicted molar refractivity (Wildman–Crippen MR) is 72.7 cm³/mol. The second-order valence-corrected chi connectivity index (χ2v) is 4.65.